The molecule has 1 unspecified atom stereocenters. The minimum Gasteiger partial charge on any atom is -0.480 e. The van der Waals surface area contributed by atoms with Gasteiger partial charge in [-0.15, -0.1) is 11.8 Å². The zero-order valence-corrected chi connectivity index (χ0v) is 9.65. The van der Waals surface area contributed by atoms with Crippen molar-refractivity contribution in [3.05, 3.63) is 33.9 Å². The van der Waals surface area contributed by atoms with Crippen molar-refractivity contribution in [2.45, 2.75) is 24.0 Å². The molecule has 0 bridgehead atoms. The summed E-state index contributed by atoms with van der Waals surface area (Å²) < 4.78 is 0. The average molecular weight is 241 g/mol. The number of rotatable bonds is 4. The molecule has 16 heavy (non-hydrogen) atoms. The van der Waals surface area contributed by atoms with Gasteiger partial charge in [-0.05, 0) is 19.4 Å². The van der Waals surface area contributed by atoms with Crippen LogP contribution in [0.3, 0.4) is 0 Å². The molecule has 1 N–H and O–H groups in total. The number of carboxylic acid groups (broad SMARTS) is 1. The van der Waals surface area contributed by atoms with Crippen LogP contribution < -0.4 is 0 Å². The summed E-state index contributed by atoms with van der Waals surface area (Å²) in [5.74, 6) is -0.934. The Hall–Kier alpha value is -1.56. The molecular weight excluding hydrogens is 230 g/mol. The van der Waals surface area contributed by atoms with Crippen molar-refractivity contribution in [2.75, 3.05) is 0 Å². The second-order valence-corrected chi connectivity index (χ2v) is 4.69. The van der Waals surface area contributed by atoms with E-state index in [4.69, 9.17) is 5.11 Å². The molecule has 0 saturated carbocycles. The molecule has 1 atom stereocenters. The van der Waals surface area contributed by atoms with E-state index in [0.29, 0.717) is 4.90 Å². The van der Waals surface area contributed by atoms with Crippen LogP contribution >= 0.6 is 11.8 Å². The van der Waals surface area contributed by atoms with Crippen LogP contribution in [0.15, 0.2) is 23.1 Å². The molecule has 0 aliphatic rings. The number of non-ortho nitro benzene ring substituents is 1. The summed E-state index contributed by atoms with van der Waals surface area (Å²) in [7, 11) is 0. The number of nitro groups is 1. The second kappa shape index (κ2) is 4.98. The van der Waals surface area contributed by atoms with Crippen LogP contribution in [0.25, 0.3) is 0 Å². The summed E-state index contributed by atoms with van der Waals surface area (Å²) in [5.41, 5.74) is 0.814. The van der Waals surface area contributed by atoms with Gasteiger partial charge in [0.05, 0.1) is 4.92 Å². The molecule has 0 amide bonds. The molecule has 0 heterocycles. The highest BCUT2D eigenvalue weighted by molar-refractivity contribution is 8.00. The highest BCUT2D eigenvalue weighted by Crippen LogP contribution is 2.29. The maximum atomic E-state index is 10.7. The quantitative estimate of drug-likeness (QED) is 0.497. The first-order valence-electron chi connectivity index (χ1n) is 4.56. The molecule has 0 spiro atoms. The van der Waals surface area contributed by atoms with E-state index in [1.807, 2.05) is 0 Å². The van der Waals surface area contributed by atoms with Crippen molar-refractivity contribution in [1.29, 1.82) is 0 Å². The minimum atomic E-state index is -0.934. The number of hydrogen-bond acceptors (Lipinski definition) is 4. The summed E-state index contributed by atoms with van der Waals surface area (Å²) in [6.45, 7) is 3.34. The van der Waals surface area contributed by atoms with Gasteiger partial charge in [0.15, 0.2) is 0 Å². The maximum Gasteiger partial charge on any atom is 0.316 e. The van der Waals surface area contributed by atoms with Gasteiger partial charge in [0.1, 0.15) is 5.25 Å². The fourth-order valence-electron chi connectivity index (χ4n) is 1.07. The molecule has 6 heteroatoms. The van der Waals surface area contributed by atoms with Crippen molar-refractivity contribution < 1.29 is 14.8 Å². The van der Waals surface area contributed by atoms with E-state index in [0.717, 1.165) is 17.3 Å². The van der Waals surface area contributed by atoms with Gasteiger partial charge in [0.2, 0.25) is 0 Å². The summed E-state index contributed by atoms with van der Waals surface area (Å²) >= 11 is 1.11. The van der Waals surface area contributed by atoms with E-state index in [1.54, 1.807) is 19.9 Å². The highest BCUT2D eigenvalue weighted by Gasteiger charge is 2.16. The van der Waals surface area contributed by atoms with Gasteiger partial charge in [-0.1, -0.05) is 6.07 Å². The lowest BCUT2D eigenvalue weighted by atomic mass is 10.2. The lowest BCUT2D eigenvalue weighted by Crippen LogP contribution is -2.11. The number of nitro benzene ring substituents is 1. The topological polar surface area (TPSA) is 80.4 Å². The van der Waals surface area contributed by atoms with Gasteiger partial charge >= 0.3 is 5.97 Å². The van der Waals surface area contributed by atoms with Gasteiger partial charge in [-0.2, -0.15) is 0 Å². The first kappa shape index (κ1) is 12.5. The Kier molecular flexibility index (Phi) is 3.89. The second-order valence-electron chi connectivity index (χ2n) is 3.31. The smallest absolute Gasteiger partial charge is 0.316 e. The number of carboxylic acids is 1. The third-order valence-corrected chi connectivity index (χ3v) is 3.28. The van der Waals surface area contributed by atoms with Crippen LogP contribution in [0.4, 0.5) is 5.69 Å². The number of carbonyl (C=O) groups is 1. The van der Waals surface area contributed by atoms with Crippen molar-refractivity contribution in [1.82, 2.24) is 0 Å². The summed E-state index contributed by atoms with van der Waals surface area (Å²) in [4.78, 5) is 21.4. The monoisotopic (exact) mass is 241 g/mol. The standard InChI is InChI=1S/C10H11NO4S/c1-6-3-4-8(11(14)15)5-9(6)16-7(2)10(12)13/h3-5,7H,1-2H3,(H,12,13). The number of thioether (sulfide) groups is 1. The predicted octanol–water partition coefficient (Wildman–Crippen LogP) is 2.47. The van der Waals surface area contributed by atoms with Crippen molar-refractivity contribution in [3.63, 3.8) is 0 Å². The van der Waals surface area contributed by atoms with Gasteiger partial charge < -0.3 is 5.11 Å². The molecule has 0 aliphatic heterocycles. The Bertz CT molecular complexity index is 433. The van der Waals surface area contributed by atoms with E-state index in [2.05, 4.69) is 0 Å². The van der Waals surface area contributed by atoms with Crippen LogP contribution in [0.1, 0.15) is 12.5 Å². The van der Waals surface area contributed by atoms with Gasteiger partial charge in [-0.25, -0.2) is 0 Å². The Labute approximate surface area is 96.6 Å². The predicted molar refractivity (Wildman–Crippen MR) is 60.8 cm³/mol. The SMILES string of the molecule is Cc1ccc([N+](=O)[O-])cc1SC(C)C(=O)O. The first-order valence-corrected chi connectivity index (χ1v) is 5.44. The molecule has 5 nitrogen and oxygen atoms in total. The fraction of sp³-hybridized carbons (Fsp3) is 0.300. The molecule has 1 aromatic carbocycles. The van der Waals surface area contributed by atoms with E-state index >= 15 is 0 Å². The largest absolute Gasteiger partial charge is 0.480 e. The van der Waals surface area contributed by atoms with Crippen molar-refractivity contribution in [2.24, 2.45) is 0 Å². The molecule has 0 fully saturated rings. The van der Waals surface area contributed by atoms with Crippen LogP contribution in [0.5, 0.6) is 0 Å². The number of aryl methyl sites for hydroxylation is 1. The third kappa shape index (κ3) is 2.96. The van der Waals surface area contributed by atoms with Crippen molar-refractivity contribution in [3.8, 4) is 0 Å². The molecule has 86 valence electrons. The summed E-state index contributed by atoms with van der Waals surface area (Å²) in [6.07, 6.45) is 0. The van der Waals surface area contributed by atoms with E-state index in [-0.39, 0.29) is 5.69 Å². The van der Waals surface area contributed by atoms with Crippen LogP contribution in [0, 0.1) is 17.0 Å². The lowest BCUT2D eigenvalue weighted by Gasteiger charge is -2.08. The zero-order valence-electron chi connectivity index (χ0n) is 8.84. The van der Waals surface area contributed by atoms with E-state index in [1.165, 1.54) is 12.1 Å². The Morgan fingerprint density at radius 3 is 2.69 bits per heavy atom. The summed E-state index contributed by atoms with van der Waals surface area (Å²) in [5, 5.41) is 18.7. The molecule has 0 radical (unpaired) electrons. The molecule has 1 rings (SSSR count). The highest BCUT2D eigenvalue weighted by atomic mass is 32.2. The minimum absolute atomic E-state index is 0.0225. The molecule has 0 aromatic heterocycles. The number of aliphatic carboxylic acids is 1. The fourth-order valence-corrected chi connectivity index (χ4v) is 1.99. The first-order chi connectivity index (χ1) is 7.41. The molecule has 1 aromatic rings. The molecule has 0 saturated heterocycles. The summed E-state index contributed by atoms with van der Waals surface area (Å²) in [6, 6.07) is 4.43. The van der Waals surface area contributed by atoms with E-state index < -0.39 is 16.1 Å². The molecule has 0 aliphatic carbocycles. The Balaban J connectivity index is 2.98. The van der Waals surface area contributed by atoms with Crippen LogP contribution in [-0.2, 0) is 4.79 Å². The van der Waals surface area contributed by atoms with Crippen LogP contribution in [0.2, 0.25) is 0 Å². The third-order valence-electron chi connectivity index (χ3n) is 2.03. The van der Waals surface area contributed by atoms with Gasteiger partial charge in [0.25, 0.3) is 5.69 Å². The van der Waals surface area contributed by atoms with Crippen LogP contribution in [-0.4, -0.2) is 21.2 Å². The number of hydrogen-bond donors (Lipinski definition) is 1. The average Bonchev–Trinajstić information content (AvgIpc) is 2.20. The van der Waals surface area contributed by atoms with E-state index in [9.17, 15) is 14.9 Å². The number of nitrogens with zero attached hydrogens (tertiary/aromatic N) is 1. The zero-order chi connectivity index (χ0) is 12.3. The normalized spacial score (nSPS) is 12.1. The maximum absolute atomic E-state index is 10.7. The lowest BCUT2D eigenvalue weighted by molar-refractivity contribution is -0.385. The number of benzene rings is 1. The van der Waals surface area contributed by atoms with Gasteiger partial charge in [0, 0.05) is 17.0 Å². The van der Waals surface area contributed by atoms with Gasteiger partial charge in [-0.3, -0.25) is 14.9 Å². The Morgan fingerprint density at radius 2 is 2.19 bits per heavy atom. The Morgan fingerprint density at radius 1 is 1.56 bits per heavy atom. The molecular formula is C10H11NO4S. The van der Waals surface area contributed by atoms with Crippen molar-refractivity contribution >= 4 is 23.4 Å².